The number of anilines is 1. The van der Waals surface area contributed by atoms with Gasteiger partial charge < -0.3 is 5.32 Å². The molecule has 0 aromatic heterocycles. The van der Waals surface area contributed by atoms with Crippen LogP contribution in [0.25, 0.3) is 0 Å². The second-order valence-corrected chi connectivity index (χ2v) is 11.8. The van der Waals surface area contributed by atoms with E-state index in [-0.39, 0.29) is 11.3 Å². The summed E-state index contributed by atoms with van der Waals surface area (Å²) in [7, 11) is -7.04. The number of sulfonamides is 1. The molecule has 1 N–H and O–H groups in total. The van der Waals surface area contributed by atoms with Gasteiger partial charge in [-0.15, -0.1) is 0 Å². The maximum atomic E-state index is 13.1. The van der Waals surface area contributed by atoms with Crippen molar-refractivity contribution in [3.63, 3.8) is 0 Å². The van der Waals surface area contributed by atoms with Crippen LogP contribution in [0.2, 0.25) is 0 Å². The fraction of sp³-hybridized carbons (Fsp3) is 0.409. The number of aryl methyl sites for hydroxylation is 2. The summed E-state index contributed by atoms with van der Waals surface area (Å²) in [4.78, 5) is 13.3. The van der Waals surface area contributed by atoms with E-state index in [1.807, 2.05) is 19.9 Å². The fourth-order valence-corrected chi connectivity index (χ4v) is 5.36. The van der Waals surface area contributed by atoms with Gasteiger partial charge in [0.15, 0.2) is 9.84 Å². The van der Waals surface area contributed by atoms with Crippen molar-refractivity contribution in [3.05, 3.63) is 59.2 Å². The minimum atomic E-state index is -3.72. The van der Waals surface area contributed by atoms with Crippen LogP contribution >= 0.6 is 0 Å². The first kappa shape index (κ1) is 24.9. The number of hydrogen-bond donors (Lipinski definition) is 1. The predicted molar refractivity (Wildman–Crippen MR) is 123 cm³/mol. The van der Waals surface area contributed by atoms with Crippen LogP contribution in [0.3, 0.4) is 0 Å². The summed E-state index contributed by atoms with van der Waals surface area (Å²) < 4.78 is 49.7. The Morgan fingerprint density at radius 3 is 1.90 bits per heavy atom. The Kier molecular flexibility index (Phi) is 7.54. The number of hydrogen-bond acceptors (Lipinski definition) is 5. The van der Waals surface area contributed by atoms with Gasteiger partial charge >= 0.3 is 0 Å². The topological polar surface area (TPSA) is 101 Å². The van der Waals surface area contributed by atoms with Crippen molar-refractivity contribution in [1.29, 1.82) is 0 Å². The number of carbonyl (C=O) groups is 1. The van der Waals surface area contributed by atoms with Gasteiger partial charge in [-0.2, -0.15) is 0 Å². The van der Waals surface area contributed by atoms with Gasteiger partial charge in [0.05, 0.1) is 22.9 Å². The summed E-state index contributed by atoms with van der Waals surface area (Å²) in [5.74, 6) is -0.424. The summed E-state index contributed by atoms with van der Waals surface area (Å²) in [6.07, 6.45) is 2.51. The lowest BCUT2D eigenvalue weighted by Gasteiger charge is -2.31. The number of benzene rings is 2. The second kappa shape index (κ2) is 9.40. The molecule has 0 heterocycles. The average Bonchev–Trinajstić information content (AvgIpc) is 2.63. The lowest BCUT2D eigenvalue weighted by Crippen LogP contribution is -2.49. The number of amides is 1. The van der Waals surface area contributed by atoms with E-state index in [0.717, 1.165) is 23.6 Å². The lowest BCUT2D eigenvalue weighted by molar-refractivity contribution is -0.122. The third-order valence-corrected chi connectivity index (χ3v) is 7.27. The zero-order valence-corrected chi connectivity index (χ0v) is 20.3. The number of nitrogens with one attached hydrogen (secondary N) is 1. The molecule has 0 saturated carbocycles. The average molecular weight is 467 g/mol. The highest BCUT2D eigenvalue weighted by Crippen LogP contribution is 2.26. The highest BCUT2D eigenvalue weighted by atomic mass is 32.2. The monoisotopic (exact) mass is 466 g/mol. The Bertz CT molecular complexity index is 1140. The molecule has 9 heteroatoms. The van der Waals surface area contributed by atoms with Crippen molar-refractivity contribution in [3.8, 4) is 0 Å². The SMILES string of the molecule is CC[C@H](C(=O)N[C@H](C)c1ccc(S(C)(=O)=O)cc1)N(c1cc(C)cc(C)c1)S(C)(=O)=O. The van der Waals surface area contributed by atoms with Crippen molar-refractivity contribution < 1.29 is 21.6 Å². The second-order valence-electron chi connectivity index (χ2n) is 7.90. The minimum absolute atomic E-state index is 0.194. The normalized spacial score (nSPS) is 14.0. The number of nitrogens with zero attached hydrogens (tertiary/aromatic N) is 1. The molecule has 0 aliphatic heterocycles. The van der Waals surface area contributed by atoms with Gasteiger partial charge in [-0.1, -0.05) is 25.1 Å². The molecule has 2 atom stereocenters. The van der Waals surface area contributed by atoms with Gasteiger partial charge in [-0.3, -0.25) is 9.10 Å². The van der Waals surface area contributed by atoms with Crippen molar-refractivity contribution in [2.75, 3.05) is 16.8 Å². The molecule has 170 valence electrons. The molecule has 31 heavy (non-hydrogen) atoms. The van der Waals surface area contributed by atoms with Crippen molar-refractivity contribution in [2.24, 2.45) is 0 Å². The smallest absolute Gasteiger partial charge is 0.244 e. The van der Waals surface area contributed by atoms with Crippen molar-refractivity contribution in [2.45, 2.75) is 51.1 Å². The summed E-state index contributed by atoms with van der Waals surface area (Å²) in [6, 6.07) is 10.3. The molecule has 0 saturated heterocycles. The van der Waals surface area contributed by atoms with E-state index >= 15 is 0 Å². The van der Waals surface area contributed by atoms with E-state index in [1.54, 1.807) is 38.1 Å². The molecule has 0 spiro atoms. The Morgan fingerprint density at radius 1 is 0.968 bits per heavy atom. The van der Waals surface area contributed by atoms with E-state index in [4.69, 9.17) is 0 Å². The predicted octanol–water partition coefficient (Wildman–Crippen LogP) is 3.13. The first-order chi connectivity index (χ1) is 14.2. The Labute approximate surface area is 185 Å². The number of rotatable bonds is 8. The maximum absolute atomic E-state index is 13.1. The molecule has 2 aromatic carbocycles. The number of carbonyl (C=O) groups excluding carboxylic acids is 1. The van der Waals surface area contributed by atoms with Crippen LogP contribution in [0.15, 0.2) is 47.4 Å². The quantitative estimate of drug-likeness (QED) is 0.644. The molecule has 0 aliphatic carbocycles. The fourth-order valence-electron chi connectivity index (χ4n) is 3.53. The Morgan fingerprint density at radius 2 is 1.48 bits per heavy atom. The zero-order chi connectivity index (χ0) is 23.6. The van der Waals surface area contributed by atoms with Gasteiger partial charge in [0.2, 0.25) is 15.9 Å². The van der Waals surface area contributed by atoms with E-state index < -0.39 is 37.9 Å². The van der Waals surface area contributed by atoms with Crippen LogP contribution in [0.4, 0.5) is 5.69 Å². The van der Waals surface area contributed by atoms with Crippen LogP contribution < -0.4 is 9.62 Å². The first-order valence-electron chi connectivity index (χ1n) is 9.92. The van der Waals surface area contributed by atoms with Crippen LogP contribution in [-0.2, 0) is 24.7 Å². The van der Waals surface area contributed by atoms with Crippen LogP contribution in [0, 0.1) is 13.8 Å². The molecule has 1 amide bonds. The molecule has 2 aromatic rings. The Hall–Kier alpha value is -2.39. The first-order valence-corrected chi connectivity index (χ1v) is 13.7. The van der Waals surface area contributed by atoms with Gasteiger partial charge in [-0.05, 0) is 68.1 Å². The van der Waals surface area contributed by atoms with Crippen LogP contribution in [0.5, 0.6) is 0 Å². The molecular weight excluding hydrogens is 436 g/mol. The van der Waals surface area contributed by atoms with E-state index in [9.17, 15) is 21.6 Å². The van der Waals surface area contributed by atoms with Gasteiger partial charge in [-0.25, -0.2) is 16.8 Å². The Balaban J connectivity index is 2.33. The maximum Gasteiger partial charge on any atom is 0.244 e. The summed E-state index contributed by atoms with van der Waals surface area (Å²) in [5.41, 5.74) is 2.97. The molecule has 7 nitrogen and oxygen atoms in total. The standard InChI is InChI=1S/C22H30N2O5S2/c1-7-21(24(31(6,28)29)19-13-15(2)12-16(3)14-19)22(25)23-17(4)18-8-10-20(11-9-18)30(5,26)27/h8-14,17,21H,7H2,1-6H3,(H,23,25)/t17-,21-/m1/s1. The third kappa shape index (κ3) is 6.30. The summed E-state index contributed by atoms with van der Waals surface area (Å²) in [5, 5.41) is 2.86. The summed E-state index contributed by atoms with van der Waals surface area (Å²) >= 11 is 0. The molecule has 0 bridgehead atoms. The molecule has 0 fully saturated rings. The van der Waals surface area contributed by atoms with Crippen LogP contribution in [0.1, 0.15) is 43.0 Å². The van der Waals surface area contributed by atoms with Gasteiger partial charge in [0.1, 0.15) is 6.04 Å². The molecule has 0 unspecified atom stereocenters. The minimum Gasteiger partial charge on any atom is -0.348 e. The van der Waals surface area contributed by atoms with E-state index in [1.165, 1.54) is 16.4 Å². The lowest BCUT2D eigenvalue weighted by atomic mass is 10.1. The van der Waals surface area contributed by atoms with Crippen molar-refractivity contribution in [1.82, 2.24) is 5.32 Å². The van der Waals surface area contributed by atoms with E-state index in [2.05, 4.69) is 5.32 Å². The van der Waals surface area contributed by atoms with Gasteiger partial charge in [0, 0.05) is 6.26 Å². The largest absolute Gasteiger partial charge is 0.348 e. The highest BCUT2D eigenvalue weighted by molar-refractivity contribution is 7.92. The number of sulfone groups is 1. The zero-order valence-electron chi connectivity index (χ0n) is 18.7. The highest BCUT2D eigenvalue weighted by Gasteiger charge is 2.32. The molecule has 0 aliphatic rings. The molecule has 0 radical (unpaired) electrons. The van der Waals surface area contributed by atoms with E-state index in [0.29, 0.717) is 11.3 Å². The molecular formula is C22H30N2O5S2. The molecule has 2 rings (SSSR count). The van der Waals surface area contributed by atoms with Crippen molar-refractivity contribution >= 4 is 31.5 Å². The van der Waals surface area contributed by atoms with Crippen LogP contribution in [-0.4, -0.2) is 41.3 Å². The third-order valence-electron chi connectivity index (χ3n) is 4.96. The van der Waals surface area contributed by atoms with Gasteiger partial charge in [0.25, 0.3) is 0 Å². The summed E-state index contributed by atoms with van der Waals surface area (Å²) in [6.45, 7) is 7.28.